The molecule has 1 aromatic rings. The van der Waals surface area contributed by atoms with Gasteiger partial charge in [-0.15, -0.1) is 0 Å². The SMILES string of the molecule is CC(CCN(C)C)NC(=O)Nc1ccc(C(=O)O)cc1. The molecule has 0 aliphatic heterocycles. The number of carbonyl (C=O) groups excluding carboxylic acids is 1. The summed E-state index contributed by atoms with van der Waals surface area (Å²) >= 11 is 0. The Kier molecular flexibility index (Phi) is 5.99. The maximum absolute atomic E-state index is 11.7. The van der Waals surface area contributed by atoms with Crippen LogP contribution >= 0.6 is 0 Å². The van der Waals surface area contributed by atoms with Gasteiger partial charge in [0.15, 0.2) is 0 Å². The van der Waals surface area contributed by atoms with E-state index in [1.54, 1.807) is 12.1 Å². The third kappa shape index (κ3) is 5.71. The molecule has 1 rings (SSSR count). The van der Waals surface area contributed by atoms with Crippen molar-refractivity contribution in [2.45, 2.75) is 19.4 Å². The number of carbonyl (C=O) groups is 2. The molecule has 1 atom stereocenters. The summed E-state index contributed by atoms with van der Waals surface area (Å²) in [6, 6.07) is 5.80. The first-order chi connectivity index (χ1) is 9.38. The molecule has 6 nitrogen and oxygen atoms in total. The molecular formula is C14H21N3O3. The maximum Gasteiger partial charge on any atom is 0.335 e. The molecule has 1 unspecified atom stereocenters. The summed E-state index contributed by atoms with van der Waals surface area (Å²) in [4.78, 5) is 24.5. The van der Waals surface area contributed by atoms with Crippen LogP contribution < -0.4 is 10.6 Å². The first-order valence-corrected chi connectivity index (χ1v) is 6.44. The molecule has 0 aromatic heterocycles. The molecule has 3 N–H and O–H groups in total. The minimum atomic E-state index is -0.988. The zero-order valence-corrected chi connectivity index (χ0v) is 12.0. The molecule has 6 heteroatoms. The van der Waals surface area contributed by atoms with Crippen molar-refractivity contribution in [3.05, 3.63) is 29.8 Å². The van der Waals surface area contributed by atoms with Gasteiger partial charge in [0.2, 0.25) is 0 Å². The Morgan fingerprint density at radius 3 is 2.35 bits per heavy atom. The summed E-state index contributed by atoms with van der Waals surface area (Å²) in [5.74, 6) is -0.988. The molecule has 0 aliphatic carbocycles. The fourth-order valence-electron chi connectivity index (χ4n) is 1.61. The summed E-state index contributed by atoms with van der Waals surface area (Å²) < 4.78 is 0. The lowest BCUT2D eigenvalue weighted by molar-refractivity contribution is 0.0697. The van der Waals surface area contributed by atoms with Gasteiger partial charge >= 0.3 is 12.0 Å². The molecule has 0 aliphatic rings. The van der Waals surface area contributed by atoms with E-state index in [-0.39, 0.29) is 17.6 Å². The Morgan fingerprint density at radius 1 is 1.25 bits per heavy atom. The van der Waals surface area contributed by atoms with E-state index in [2.05, 4.69) is 15.5 Å². The van der Waals surface area contributed by atoms with Gasteiger partial charge in [0, 0.05) is 11.7 Å². The minimum absolute atomic E-state index is 0.0655. The van der Waals surface area contributed by atoms with Gasteiger partial charge in [-0.2, -0.15) is 0 Å². The van der Waals surface area contributed by atoms with E-state index in [1.807, 2.05) is 21.0 Å². The third-order valence-electron chi connectivity index (χ3n) is 2.78. The first kappa shape index (κ1) is 16.0. The number of benzene rings is 1. The van der Waals surface area contributed by atoms with Crippen molar-refractivity contribution < 1.29 is 14.7 Å². The quantitative estimate of drug-likeness (QED) is 0.742. The number of amides is 2. The summed E-state index contributed by atoms with van der Waals surface area (Å²) in [5.41, 5.74) is 0.752. The summed E-state index contributed by atoms with van der Waals surface area (Å²) in [5, 5.41) is 14.3. The van der Waals surface area contributed by atoms with E-state index in [9.17, 15) is 9.59 Å². The Bertz CT molecular complexity index is 457. The Balaban J connectivity index is 2.43. The molecule has 2 amide bonds. The smallest absolute Gasteiger partial charge is 0.335 e. The van der Waals surface area contributed by atoms with Gasteiger partial charge < -0.3 is 20.6 Å². The van der Waals surface area contributed by atoms with E-state index in [0.29, 0.717) is 5.69 Å². The number of carboxylic acid groups (broad SMARTS) is 1. The molecule has 0 radical (unpaired) electrons. The van der Waals surface area contributed by atoms with Crippen LogP contribution in [0.4, 0.5) is 10.5 Å². The van der Waals surface area contributed by atoms with Gasteiger partial charge in [0.05, 0.1) is 5.56 Å². The fourth-order valence-corrected chi connectivity index (χ4v) is 1.61. The number of aromatic carboxylic acids is 1. The number of hydrogen-bond acceptors (Lipinski definition) is 3. The summed E-state index contributed by atoms with van der Waals surface area (Å²) in [6.07, 6.45) is 0.859. The van der Waals surface area contributed by atoms with E-state index in [1.165, 1.54) is 12.1 Å². The number of nitrogens with zero attached hydrogens (tertiary/aromatic N) is 1. The monoisotopic (exact) mass is 279 g/mol. The summed E-state index contributed by atoms with van der Waals surface area (Å²) in [7, 11) is 3.97. The van der Waals surface area contributed by atoms with Crippen LogP contribution in [-0.4, -0.2) is 48.7 Å². The lowest BCUT2D eigenvalue weighted by atomic mass is 10.2. The highest BCUT2D eigenvalue weighted by Crippen LogP contribution is 2.09. The number of anilines is 1. The van der Waals surface area contributed by atoms with Crippen molar-refractivity contribution in [3.63, 3.8) is 0 Å². The van der Waals surface area contributed by atoms with Gasteiger partial charge in [-0.1, -0.05) is 0 Å². The molecule has 0 bridgehead atoms. The van der Waals surface area contributed by atoms with Crippen LogP contribution in [0.2, 0.25) is 0 Å². The summed E-state index contributed by atoms with van der Waals surface area (Å²) in [6.45, 7) is 2.84. The Labute approximate surface area is 118 Å². The zero-order valence-electron chi connectivity index (χ0n) is 12.0. The molecule has 0 fully saturated rings. The molecule has 0 spiro atoms. The van der Waals surface area contributed by atoms with Crippen molar-refractivity contribution in [3.8, 4) is 0 Å². The molecule has 20 heavy (non-hydrogen) atoms. The Morgan fingerprint density at radius 2 is 1.85 bits per heavy atom. The van der Waals surface area contributed by atoms with Crippen molar-refractivity contribution >= 4 is 17.7 Å². The van der Waals surface area contributed by atoms with Crippen LogP contribution in [0.1, 0.15) is 23.7 Å². The number of nitrogens with one attached hydrogen (secondary N) is 2. The molecule has 0 heterocycles. The molecule has 0 saturated carbocycles. The number of urea groups is 1. The Hall–Kier alpha value is -2.08. The van der Waals surface area contributed by atoms with Crippen molar-refractivity contribution in [1.29, 1.82) is 0 Å². The molecular weight excluding hydrogens is 258 g/mol. The van der Waals surface area contributed by atoms with E-state index in [0.717, 1.165) is 13.0 Å². The highest BCUT2D eigenvalue weighted by atomic mass is 16.4. The molecule has 1 aromatic carbocycles. The second-order valence-electron chi connectivity index (χ2n) is 4.97. The van der Waals surface area contributed by atoms with Crippen LogP contribution in [0.3, 0.4) is 0 Å². The van der Waals surface area contributed by atoms with Gasteiger partial charge in [0.1, 0.15) is 0 Å². The molecule has 110 valence electrons. The minimum Gasteiger partial charge on any atom is -0.478 e. The van der Waals surface area contributed by atoms with Crippen molar-refractivity contribution in [1.82, 2.24) is 10.2 Å². The van der Waals surface area contributed by atoms with Crippen LogP contribution in [0.5, 0.6) is 0 Å². The predicted molar refractivity (Wildman–Crippen MR) is 78.2 cm³/mol. The highest BCUT2D eigenvalue weighted by Gasteiger charge is 2.08. The number of hydrogen-bond donors (Lipinski definition) is 3. The maximum atomic E-state index is 11.7. The van der Waals surface area contributed by atoms with Gasteiger partial charge in [-0.3, -0.25) is 0 Å². The van der Waals surface area contributed by atoms with E-state index < -0.39 is 5.97 Å². The topological polar surface area (TPSA) is 81.7 Å². The standard InChI is InChI=1S/C14H21N3O3/c1-10(8-9-17(2)3)15-14(20)16-12-6-4-11(5-7-12)13(18)19/h4-7,10H,8-9H2,1-3H3,(H,18,19)(H2,15,16,20). The van der Waals surface area contributed by atoms with Gasteiger partial charge in [-0.05, 0) is 58.3 Å². The normalized spacial score (nSPS) is 12.0. The molecule has 0 saturated heterocycles. The van der Waals surface area contributed by atoms with Crippen LogP contribution in [-0.2, 0) is 0 Å². The zero-order chi connectivity index (χ0) is 15.1. The first-order valence-electron chi connectivity index (χ1n) is 6.44. The van der Waals surface area contributed by atoms with E-state index >= 15 is 0 Å². The van der Waals surface area contributed by atoms with Crippen LogP contribution in [0.25, 0.3) is 0 Å². The lowest BCUT2D eigenvalue weighted by Gasteiger charge is -2.17. The average molecular weight is 279 g/mol. The lowest BCUT2D eigenvalue weighted by Crippen LogP contribution is -2.37. The third-order valence-corrected chi connectivity index (χ3v) is 2.78. The highest BCUT2D eigenvalue weighted by molar-refractivity contribution is 5.91. The van der Waals surface area contributed by atoms with Crippen LogP contribution in [0.15, 0.2) is 24.3 Å². The van der Waals surface area contributed by atoms with Crippen molar-refractivity contribution in [2.24, 2.45) is 0 Å². The largest absolute Gasteiger partial charge is 0.478 e. The van der Waals surface area contributed by atoms with Crippen LogP contribution in [0, 0.1) is 0 Å². The van der Waals surface area contributed by atoms with Gasteiger partial charge in [0.25, 0.3) is 0 Å². The fraction of sp³-hybridized carbons (Fsp3) is 0.429. The average Bonchev–Trinajstić information content (AvgIpc) is 2.36. The van der Waals surface area contributed by atoms with Crippen molar-refractivity contribution in [2.75, 3.05) is 26.0 Å². The van der Waals surface area contributed by atoms with E-state index in [4.69, 9.17) is 5.11 Å². The number of rotatable bonds is 6. The second-order valence-corrected chi connectivity index (χ2v) is 4.97. The second kappa shape index (κ2) is 7.49. The predicted octanol–water partition coefficient (Wildman–Crippen LogP) is 1.85. The number of carboxylic acids is 1. The van der Waals surface area contributed by atoms with Gasteiger partial charge in [-0.25, -0.2) is 9.59 Å².